The highest BCUT2D eigenvalue weighted by atomic mass is 28.4. The van der Waals surface area contributed by atoms with Crippen LogP contribution >= 0.6 is 0 Å². The monoisotopic (exact) mass is 360 g/mol. The summed E-state index contributed by atoms with van der Waals surface area (Å²) in [7, 11) is -4.63. The van der Waals surface area contributed by atoms with Crippen LogP contribution in [0.1, 0.15) is 0 Å². The molecule has 0 aliphatic heterocycles. The quantitative estimate of drug-likeness (QED) is 0.482. The van der Waals surface area contributed by atoms with Crippen molar-refractivity contribution < 1.29 is 4.12 Å². The number of hydrogen-bond acceptors (Lipinski definition) is 1. The molecule has 3 aromatic rings. The van der Waals surface area contributed by atoms with Crippen LogP contribution in [-0.4, -0.2) is 16.6 Å². The largest absolute Gasteiger partial charge is 0.442 e. The van der Waals surface area contributed by atoms with Gasteiger partial charge >= 0.3 is 0 Å². The molecule has 0 heterocycles. The second-order valence-electron chi connectivity index (χ2n) is 6.69. The Balaban J connectivity index is 2.33. The van der Waals surface area contributed by atoms with Gasteiger partial charge in [-0.2, -0.15) is 0 Å². The molecule has 0 saturated heterocycles. The van der Waals surface area contributed by atoms with E-state index in [-0.39, 0.29) is 0 Å². The number of benzene rings is 3. The fourth-order valence-corrected chi connectivity index (χ4v) is 11.0. The third kappa shape index (κ3) is 3.59. The minimum atomic E-state index is -2.59. The Labute approximate surface area is 152 Å². The van der Waals surface area contributed by atoms with Gasteiger partial charge in [0.2, 0.25) is 0 Å². The van der Waals surface area contributed by atoms with Crippen LogP contribution in [0, 0.1) is 0 Å². The number of rotatable bonds is 6. The Morgan fingerprint density at radius 3 is 1.24 bits per heavy atom. The van der Waals surface area contributed by atoms with Crippen LogP contribution in [-0.2, 0) is 4.12 Å². The van der Waals surface area contributed by atoms with Crippen molar-refractivity contribution in [1.29, 1.82) is 0 Å². The summed E-state index contributed by atoms with van der Waals surface area (Å²) in [5.74, 6) is 0. The lowest BCUT2D eigenvalue weighted by Crippen LogP contribution is -2.72. The zero-order chi connectivity index (χ0) is 17.8. The smallest absolute Gasteiger partial charge is 0.278 e. The van der Waals surface area contributed by atoms with Crippen LogP contribution in [0.2, 0.25) is 13.1 Å². The first-order valence-electron chi connectivity index (χ1n) is 8.59. The fraction of sp³-hybridized carbons (Fsp3) is 0.0909. The summed E-state index contributed by atoms with van der Waals surface area (Å²) in [4.78, 5) is 0. The molecule has 3 aromatic carbocycles. The molecule has 3 heteroatoms. The molecule has 3 rings (SSSR count). The Morgan fingerprint density at radius 1 is 0.640 bits per heavy atom. The van der Waals surface area contributed by atoms with Gasteiger partial charge in [-0.15, -0.1) is 6.58 Å². The van der Waals surface area contributed by atoms with Crippen LogP contribution in [0.5, 0.6) is 0 Å². The lowest BCUT2D eigenvalue weighted by molar-refractivity contribution is 0.585. The van der Waals surface area contributed by atoms with Gasteiger partial charge in [-0.25, -0.2) is 0 Å². The third-order valence-electron chi connectivity index (χ3n) is 4.45. The summed E-state index contributed by atoms with van der Waals surface area (Å²) in [6, 6.07) is 32.1. The normalized spacial score (nSPS) is 11.9. The van der Waals surface area contributed by atoms with Gasteiger partial charge in [0.15, 0.2) is 8.32 Å². The van der Waals surface area contributed by atoms with E-state index in [9.17, 15) is 0 Å². The van der Waals surface area contributed by atoms with Crippen molar-refractivity contribution in [3.63, 3.8) is 0 Å². The van der Waals surface area contributed by atoms with Gasteiger partial charge in [-0.3, -0.25) is 0 Å². The Hall–Kier alpha value is -2.21. The molecule has 0 unspecified atom stereocenters. The molecule has 0 aromatic heterocycles. The molecule has 1 nitrogen and oxygen atoms in total. The molecule has 0 fully saturated rings. The van der Waals surface area contributed by atoms with Crippen LogP contribution < -0.4 is 15.6 Å². The summed E-state index contributed by atoms with van der Waals surface area (Å²) in [5, 5.41) is 3.82. The zero-order valence-corrected chi connectivity index (χ0v) is 16.9. The van der Waals surface area contributed by atoms with Crippen molar-refractivity contribution in [2.75, 3.05) is 0 Å². The summed E-state index contributed by atoms with van der Waals surface area (Å²) < 4.78 is 7.09. The van der Waals surface area contributed by atoms with Crippen molar-refractivity contribution in [2.45, 2.75) is 13.1 Å². The molecule has 0 radical (unpaired) electrons. The topological polar surface area (TPSA) is 9.23 Å². The highest BCUT2D eigenvalue weighted by Crippen LogP contribution is 2.17. The molecule has 126 valence electrons. The van der Waals surface area contributed by atoms with E-state index in [4.69, 9.17) is 4.12 Å². The third-order valence-corrected chi connectivity index (χ3v) is 12.2. The number of hydrogen-bond donors (Lipinski definition) is 0. The second kappa shape index (κ2) is 7.36. The van der Waals surface area contributed by atoms with Crippen LogP contribution in [0.3, 0.4) is 0 Å². The SMILES string of the molecule is C=C[Si](C)(C)O[Si](c1ccccc1)(c1ccccc1)c1ccccc1. The summed E-state index contributed by atoms with van der Waals surface area (Å²) in [5.41, 5.74) is 2.03. The lowest BCUT2D eigenvalue weighted by Gasteiger charge is -2.38. The van der Waals surface area contributed by atoms with Crippen molar-refractivity contribution in [2.24, 2.45) is 0 Å². The Morgan fingerprint density at radius 2 is 0.960 bits per heavy atom. The van der Waals surface area contributed by atoms with Crippen LogP contribution in [0.4, 0.5) is 0 Å². The van der Waals surface area contributed by atoms with Crippen molar-refractivity contribution in [3.8, 4) is 0 Å². The molecule has 0 amide bonds. The van der Waals surface area contributed by atoms with Crippen molar-refractivity contribution in [3.05, 3.63) is 103 Å². The van der Waals surface area contributed by atoms with Crippen LogP contribution in [0.15, 0.2) is 103 Å². The molecular formula is C22H24OSi2. The maximum Gasteiger partial charge on any atom is 0.278 e. The average molecular weight is 361 g/mol. The summed E-state index contributed by atoms with van der Waals surface area (Å²) in [6.07, 6.45) is 0. The molecule has 0 bridgehead atoms. The van der Waals surface area contributed by atoms with Gasteiger partial charge in [-0.1, -0.05) is 96.7 Å². The first-order chi connectivity index (χ1) is 12.1. The minimum Gasteiger partial charge on any atom is -0.442 e. The molecular weight excluding hydrogens is 336 g/mol. The van der Waals surface area contributed by atoms with E-state index in [0.717, 1.165) is 0 Å². The van der Waals surface area contributed by atoms with E-state index in [1.54, 1.807) is 0 Å². The molecule has 0 atom stereocenters. The first kappa shape index (κ1) is 17.6. The Bertz CT molecular complexity index is 718. The maximum absolute atomic E-state index is 7.09. The molecule has 25 heavy (non-hydrogen) atoms. The van der Waals surface area contributed by atoms with Crippen LogP contribution in [0.25, 0.3) is 0 Å². The second-order valence-corrected chi connectivity index (χ2v) is 14.2. The summed E-state index contributed by atoms with van der Waals surface area (Å²) in [6.45, 7) is 8.49. The molecule has 0 saturated carbocycles. The lowest BCUT2D eigenvalue weighted by atomic mass is 10.3. The van der Waals surface area contributed by atoms with E-state index in [1.807, 2.05) is 5.70 Å². The predicted octanol–water partition coefficient (Wildman–Crippen LogP) is 3.60. The van der Waals surface area contributed by atoms with Gasteiger partial charge < -0.3 is 4.12 Å². The fourth-order valence-electron chi connectivity index (χ4n) is 3.13. The van der Waals surface area contributed by atoms with E-state index in [2.05, 4.69) is 111 Å². The van der Waals surface area contributed by atoms with E-state index >= 15 is 0 Å². The molecule has 0 aliphatic carbocycles. The highest BCUT2D eigenvalue weighted by molar-refractivity contribution is 7.11. The first-order valence-corrected chi connectivity index (χ1v) is 13.5. The van der Waals surface area contributed by atoms with E-state index in [0.29, 0.717) is 0 Å². The summed E-state index contributed by atoms with van der Waals surface area (Å²) >= 11 is 0. The van der Waals surface area contributed by atoms with Gasteiger partial charge in [0.05, 0.1) is 0 Å². The van der Waals surface area contributed by atoms with E-state index < -0.39 is 16.6 Å². The average Bonchev–Trinajstić information content (AvgIpc) is 2.68. The minimum absolute atomic E-state index is 1.27. The van der Waals surface area contributed by atoms with Crippen molar-refractivity contribution in [1.82, 2.24) is 0 Å². The van der Waals surface area contributed by atoms with Gasteiger partial charge in [0.25, 0.3) is 8.32 Å². The molecule has 0 aliphatic rings. The van der Waals surface area contributed by atoms with Gasteiger partial charge in [0, 0.05) is 0 Å². The zero-order valence-electron chi connectivity index (χ0n) is 14.9. The maximum atomic E-state index is 7.09. The molecule has 0 spiro atoms. The Kier molecular flexibility index (Phi) is 5.18. The van der Waals surface area contributed by atoms with Gasteiger partial charge in [-0.05, 0) is 28.7 Å². The van der Waals surface area contributed by atoms with Gasteiger partial charge in [0.1, 0.15) is 0 Å². The molecule has 0 N–H and O–H groups in total. The van der Waals surface area contributed by atoms with E-state index in [1.165, 1.54) is 15.6 Å². The van der Waals surface area contributed by atoms with Crippen molar-refractivity contribution >= 4 is 32.2 Å². The standard InChI is InChI=1S/C22H24OSi2/c1-4-24(2,3)23-25(20-14-8-5-9-15-20,21-16-10-6-11-17-21)22-18-12-7-13-19-22/h4-19H,1H2,2-3H3. The predicted molar refractivity (Wildman–Crippen MR) is 113 cm³/mol. The highest BCUT2D eigenvalue weighted by Gasteiger charge is 2.45.